The summed E-state index contributed by atoms with van der Waals surface area (Å²) in [6.45, 7) is 1.22. The maximum Gasteiger partial charge on any atom is 0.341 e. The Balaban J connectivity index is 2.32. The Morgan fingerprint density at radius 2 is 2.20 bits per heavy atom. The molecule has 0 heterocycles. The van der Waals surface area contributed by atoms with Gasteiger partial charge in [0.1, 0.15) is 19.4 Å². The molecule has 0 bridgehead atoms. The van der Waals surface area contributed by atoms with Crippen molar-refractivity contribution in [2.45, 2.75) is 13.3 Å². The first kappa shape index (κ1) is 18.8. The van der Waals surface area contributed by atoms with Crippen LogP contribution in [0.15, 0.2) is 46.5 Å². The van der Waals surface area contributed by atoms with Crippen LogP contribution in [0.5, 0.6) is 5.75 Å². The van der Waals surface area contributed by atoms with Crippen molar-refractivity contribution in [3.05, 3.63) is 47.0 Å². The van der Waals surface area contributed by atoms with E-state index in [-0.39, 0.29) is 17.1 Å². The fourth-order valence-corrected chi connectivity index (χ4v) is 2.61. The van der Waals surface area contributed by atoms with Crippen molar-refractivity contribution in [1.82, 2.24) is 0 Å². The predicted octanol–water partition coefficient (Wildman–Crippen LogP) is 1.53. The molecule has 1 aliphatic carbocycles. The van der Waals surface area contributed by atoms with Gasteiger partial charge in [0.25, 0.3) is 5.91 Å². The van der Waals surface area contributed by atoms with E-state index in [1.165, 1.54) is 18.2 Å². The highest BCUT2D eigenvalue weighted by Gasteiger charge is 2.29. The monoisotopic (exact) mass is 358 g/mol. The topological polar surface area (TPSA) is 102 Å². The number of rotatable bonds is 5. The van der Waals surface area contributed by atoms with Gasteiger partial charge in [0, 0.05) is 10.4 Å². The number of carboxylic acid groups (broad SMARTS) is 1. The highest BCUT2D eigenvalue weighted by Crippen LogP contribution is 2.31. The van der Waals surface area contributed by atoms with Crippen LogP contribution >= 0.6 is 11.6 Å². The molecule has 0 aromatic heterocycles. The van der Waals surface area contributed by atoms with Crippen molar-refractivity contribution >= 4 is 42.6 Å². The molecule has 2 radical (unpaired) electrons. The normalized spacial score (nSPS) is 20.1. The van der Waals surface area contributed by atoms with Crippen molar-refractivity contribution in [1.29, 1.82) is 0 Å². The SMILES string of the molecule is [B]c1ccc(OCC(=O)O)c(C(=O)N=C(N)C2(C)C=C(Cl)C=CC2)c1. The second-order valence-corrected chi connectivity index (χ2v) is 6.23. The Bertz CT molecular complexity index is 804. The minimum Gasteiger partial charge on any atom is -0.481 e. The first-order valence-electron chi connectivity index (χ1n) is 7.39. The maximum absolute atomic E-state index is 12.5. The second-order valence-electron chi connectivity index (χ2n) is 5.79. The smallest absolute Gasteiger partial charge is 0.341 e. The molecule has 1 aliphatic rings. The summed E-state index contributed by atoms with van der Waals surface area (Å²) < 4.78 is 5.11. The van der Waals surface area contributed by atoms with Gasteiger partial charge in [-0.1, -0.05) is 41.3 Å². The molecule has 6 nitrogen and oxygen atoms in total. The van der Waals surface area contributed by atoms with Crippen molar-refractivity contribution < 1.29 is 19.4 Å². The van der Waals surface area contributed by atoms with E-state index in [0.717, 1.165) is 0 Å². The van der Waals surface area contributed by atoms with Crippen LogP contribution < -0.4 is 15.9 Å². The fraction of sp³-hybridized carbons (Fsp3) is 0.235. The summed E-state index contributed by atoms with van der Waals surface area (Å²) in [5, 5.41) is 9.23. The van der Waals surface area contributed by atoms with E-state index in [4.69, 9.17) is 35.0 Å². The van der Waals surface area contributed by atoms with Crippen molar-refractivity contribution in [3.8, 4) is 5.75 Å². The lowest BCUT2D eigenvalue weighted by Gasteiger charge is -2.26. The standard InChI is InChI=1S/C17H16BClN2O4/c1-17(6-2-3-11(19)8-17)16(20)21-15(24)12-7-10(18)4-5-13(12)25-9-14(22)23/h2-5,7-8H,6,9H2,1H3,(H,22,23)(H2,20,21,24). The maximum atomic E-state index is 12.5. The van der Waals surface area contributed by atoms with Gasteiger partial charge in [0.05, 0.1) is 5.56 Å². The summed E-state index contributed by atoms with van der Waals surface area (Å²) in [6.07, 6.45) is 5.86. The third-order valence-corrected chi connectivity index (χ3v) is 3.90. The van der Waals surface area contributed by atoms with Crippen LogP contribution in [0, 0.1) is 5.41 Å². The molecule has 8 heteroatoms. The molecule has 25 heavy (non-hydrogen) atoms. The highest BCUT2D eigenvalue weighted by molar-refractivity contribution is 6.33. The molecule has 0 spiro atoms. The molecule has 1 unspecified atom stereocenters. The van der Waals surface area contributed by atoms with Crippen LogP contribution in [0.2, 0.25) is 0 Å². The third kappa shape index (κ3) is 4.73. The van der Waals surface area contributed by atoms with Crippen molar-refractivity contribution in [2.75, 3.05) is 6.61 Å². The number of amidine groups is 1. The molecule has 0 aliphatic heterocycles. The van der Waals surface area contributed by atoms with E-state index in [2.05, 4.69) is 4.99 Å². The van der Waals surface area contributed by atoms with Gasteiger partial charge in [-0.15, -0.1) is 0 Å². The van der Waals surface area contributed by atoms with Gasteiger partial charge in [-0.2, -0.15) is 4.99 Å². The van der Waals surface area contributed by atoms with Gasteiger partial charge in [0.15, 0.2) is 6.61 Å². The number of amides is 1. The lowest BCUT2D eigenvalue weighted by Crippen LogP contribution is -2.34. The van der Waals surface area contributed by atoms with Crippen molar-refractivity contribution in [3.63, 3.8) is 0 Å². The number of benzene rings is 1. The molecule has 1 aromatic rings. The summed E-state index contributed by atoms with van der Waals surface area (Å²) in [6, 6.07) is 4.28. The Hall–Kier alpha value is -2.54. The highest BCUT2D eigenvalue weighted by atomic mass is 35.5. The van der Waals surface area contributed by atoms with E-state index in [1.807, 2.05) is 13.0 Å². The fourth-order valence-electron chi connectivity index (χ4n) is 2.28. The number of aliphatic imine (C=N–C) groups is 1. The van der Waals surface area contributed by atoms with Crippen LogP contribution in [0.1, 0.15) is 23.7 Å². The Morgan fingerprint density at radius 1 is 1.48 bits per heavy atom. The van der Waals surface area contributed by atoms with Gasteiger partial charge in [-0.25, -0.2) is 4.79 Å². The number of carbonyl (C=O) groups excluding carboxylic acids is 1. The van der Waals surface area contributed by atoms with E-state index in [1.54, 1.807) is 12.2 Å². The van der Waals surface area contributed by atoms with E-state index < -0.39 is 23.9 Å². The Labute approximate surface area is 151 Å². The lowest BCUT2D eigenvalue weighted by molar-refractivity contribution is -0.139. The number of allylic oxidation sites excluding steroid dienone is 3. The summed E-state index contributed by atoms with van der Waals surface area (Å²) in [4.78, 5) is 27.1. The van der Waals surface area contributed by atoms with Gasteiger partial charge in [-0.05, 0) is 25.5 Å². The molecule has 3 N–H and O–H groups in total. The minimum atomic E-state index is -1.17. The molecular weight excluding hydrogens is 342 g/mol. The Morgan fingerprint density at radius 3 is 2.84 bits per heavy atom. The number of hydrogen-bond donors (Lipinski definition) is 2. The van der Waals surface area contributed by atoms with Crippen LogP contribution in [0.3, 0.4) is 0 Å². The zero-order chi connectivity index (χ0) is 18.6. The molecule has 128 valence electrons. The molecule has 2 rings (SSSR count). The number of nitrogens with two attached hydrogens (primary N) is 1. The van der Waals surface area contributed by atoms with Gasteiger partial charge < -0.3 is 15.6 Å². The van der Waals surface area contributed by atoms with Gasteiger partial charge >= 0.3 is 5.97 Å². The molecule has 1 atom stereocenters. The van der Waals surface area contributed by atoms with Crippen LogP contribution in [0.4, 0.5) is 0 Å². The quantitative estimate of drug-likeness (QED) is 0.472. The van der Waals surface area contributed by atoms with Crippen LogP contribution in [-0.4, -0.2) is 37.3 Å². The summed E-state index contributed by atoms with van der Waals surface area (Å²) in [5.41, 5.74) is 5.68. The number of carbonyl (C=O) groups is 2. The first-order valence-corrected chi connectivity index (χ1v) is 7.77. The molecule has 0 fully saturated rings. The number of nitrogens with zero attached hydrogens (tertiary/aromatic N) is 1. The summed E-state index contributed by atoms with van der Waals surface area (Å²) in [7, 11) is 5.70. The van der Waals surface area contributed by atoms with Crippen LogP contribution in [-0.2, 0) is 4.79 Å². The molecule has 0 saturated carbocycles. The zero-order valence-corrected chi connectivity index (χ0v) is 14.3. The minimum absolute atomic E-state index is 0.0363. The van der Waals surface area contributed by atoms with Gasteiger partial charge in [-0.3, -0.25) is 4.79 Å². The number of hydrogen-bond acceptors (Lipinski definition) is 3. The second kappa shape index (κ2) is 7.57. The van der Waals surface area contributed by atoms with E-state index >= 15 is 0 Å². The summed E-state index contributed by atoms with van der Waals surface area (Å²) >= 11 is 6.00. The van der Waals surface area contributed by atoms with Crippen LogP contribution in [0.25, 0.3) is 0 Å². The number of carboxylic acids is 1. The summed E-state index contributed by atoms with van der Waals surface area (Å²) in [5.74, 6) is -1.68. The number of halogens is 1. The molecular formula is C17H16BClN2O4. The molecule has 0 saturated heterocycles. The van der Waals surface area contributed by atoms with Gasteiger partial charge in [0.2, 0.25) is 0 Å². The van der Waals surface area contributed by atoms with E-state index in [0.29, 0.717) is 16.9 Å². The van der Waals surface area contributed by atoms with E-state index in [9.17, 15) is 9.59 Å². The predicted molar refractivity (Wildman–Crippen MR) is 96.7 cm³/mol. The Kier molecular flexibility index (Phi) is 5.69. The zero-order valence-electron chi connectivity index (χ0n) is 13.5. The molecule has 1 amide bonds. The largest absolute Gasteiger partial charge is 0.481 e. The number of aliphatic carboxylic acids is 1. The first-order chi connectivity index (χ1) is 11.7. The average molecular weight is 359 g/mol. The van der Waals surface area contributed by atoms with Crippen molar-refractivity contribution in [2.24, 2.45) is 16.1 Å². The lowest BCUT2D eigenvalue weighted by atomic mass is 9.82. The average Bonchev–Trinajstić information content (AvgIpc) is 2.53. The third-order valence-electron chi connectivity index (χ3n) is 3.67. The number of ether oxygens (including phenoxy) is 1. The molecule has 1 aromatic carbocycles.